The lowest BCUT2D eigenvalue weighted by atomic mass is 10.0. The first-order valence-corrected chi connectivity index (χ1v) is 8.75. The third kappa shape index (κ3) is 4.69. The number of nitro benzene ring substituents is 1. The highest BCUT2D eigenvalue weighted by Gasteiger charge is 2.26. The molecule has 0 aliphatic rings. The van der Waals surface area contributed by atoms with E-state index in [1.165, 1.54) is 6.07 Å². The van der Waals surface area contributed by atoms with E-state index in [1.807, 2.05) is 32.9 Å². The summed E-state index contributed by atoms with van der Waals surface area (Å²) in [6, 6.07) is 11.7. The number of pyridine rings is 1. The highest BCUT2D eigenvalue weighted by Crippen LogP contribution is 2.25. The molecular formula is C17H21N3O3S. The van der Waals surface area contributed by atoms with Crippen LogP contribution >= 0.6 is 0 Å². The fourth-order valence-electron chi connectivity index (χ4n) is 2.18. The lowest BCUT2D eigenvalue weighted by molar-refractivity contribution is -0.385. The van der Waals surface area contributed by atoms with Crippen LogP contribution in [0.1, 0.15) is 38.1 Å². The summed E-state index contributed by atoms with van der Waals surface area (Å²) in [6.07, 6.45) is 1.99. The van der Waals surface area contributed by atoms with Crippen LogP contribution in [0.25, 0.3) is 0 Å². The molecule has 0 aliphatic heterocycles. The molecular weight excluding hydrogens is 326 g/mol. The molecule has 24 heavy (non-hydrogen) atoms. The number of hydrogen-bond acceptors (Lipinski definition) is 4. The Bertz CT molecular complexity index is 729. The number of nitro groups is 1. The van der Waals surface area contributed by atoms with Gasteiger partial charge in [-0.3, -0.25) is 15.1 Å². The number of nitrogens with zero attached hydrogens (tertiary/aromatic N) is 2. The second-order valence-electron chi connectivity index (χ2n) is 6.40. The molecule has 0 saturated carbocycles. The third-order valence-electron chi connectivity index (χ3n) is 3.46. The summed E-state index contributed by atoms with van der Waals surface area (Å²) < 4.78 is 15.1. The predicted octanol–water partition coefficient (Wildman–Crippen LogP) is 3.33. The Kier molecular flexibility index (Phi) is 5.80. The van der Waals surface area contributed by atoms with Crippen LogP contribution in [-0.2, 0) is 17.4 Å². The van der Waals surface area contributed by atoms with E-state index in [0.29, 0.717) is 17.7 Å². The van der Waals surface area contributed by atoms with Crippen LogP contribution in [-0.4, -0.2) is 18.9 Å². The van der Waals surface area contributed by atoms with Crippen molar-refractivity contribution in [2.45, 2.75) is 38.0 Å². The zero-order valence-corrected chi connectivity index (χ0v) is 14.7. The van der Waals surface area contributed by atoms with E-state index in [-0.39, 0.29) is 11.7 Å². The maximum atomic E-state index is 12.5. The number of hydrogen-bond donors (Lipinski definition) is 1. The number of aromatic nitrogens is 1. The van der Waals surface area contributed by atoms with Gasteiger partial charge in [-0.25, -0.2) is 8.93 Å². The van der Waals surface area contributed by atoms with Gasteiger partial charge in [0.1, 0.15) is 0 Å². The Labute approximate surface area is 144 Å². The van der Waals surface area contributed by atoms with Gasteiger partial charge in [0.05, 0.1) is 32.4 Å². The Morgan fingerprint density at radius 1 is 1.21 bits per heavy atom. The van der Waals surface area contributed by atoms with Crippen LogP contribution in [0.15, 0.2) is 48.7 Å². The molecule has 0 bridgehead atoms. The smallest absolute Gasteiger partial charge is 0.260 e. The van der Waals surface area contributed by atoms with E-state index in [2.05, 4.69) is 9.71 Å². The van der Waals surface area contributed by atoms with Gasteiger partial charge in [0.2, 0.25) is 0 Å². The van der Waals surface area contributed by atoms with Gasteiger partial charge in [-0.1, -0.05) is 24.3 Å². The first-order chi connectivity index (χ1) is 11.3. The van der Waals surface area contributed by atoms with Crippen molar-refractivity contribution in [3.63, 3.8) is 0 Å². The first-order valence-electron chi connectivity index (χ1n) is 7.60. The molecule has 1 aromatic carbocycles. The minimum atomic E-state index is -1.32. The molecule has 0 radical (unpaired) electrons. The van der Waals surface area contributed by atoms with Gasteiger partial charge in [-0.05, 0) is 32.9 Å². The lowest BCUT2D eigenvalue weighted by Gasteiger charge is -2.24. The van der Waals surface area contributed by atoms with Gasteiger partial charge in [0.25, 0.3) is 5.69 Å². The minimum Gasteiger partial charge on any atom is -0.260 e. The van der Waals surface area contributed by atoms with Gasteiger partial charge >= 0.3 is 0 Å². The van der Waals surface area contributed by atoms with Crippen molar-refractivity contribution in [3.8, 4) is 0 Å². The molecule has 6 nitrogen and oxygen atoms in total. The Hall–Kier alpha value is -2.12. The highest BCUT2D eigenvalue weighted by atomic mass is 32.2. The topological polar surface area (TPSA) is 85.1 Å². The zero-order valence-electron chi connectivity index (χ0n) is 13.9. The number of benzene rings is 1. The van der Waals surface area contributed by atoms with Crippen LogP contribution in [0.3, 0.4) is 0 Å². The zero-order chi connectivity index (χ0) is 17.7. The molecule has 0 amide bonds. The average Bonchev–Trinajstić information content (AvgIpc) is 2.54. The fourth-order valence-corrected chi connectivity index (χ4v) is 2.99. The molecule has 1 aromatic heterocycles. The van der Waals surface area contributed by atoms with E-state index in [0.717, 1.165) is 0 Å². The highest BCUT2D eigenvalue weighted by molar-refractivity contribution is 7.84. The van der Waals surface area contributed by atoms with Gasteiger partial charge in [-0.15, -0.1) is 0 Å². The molecule has 0 aliphatic carbocycles. The van der Waals surface area contributed by atoms with Crippen molar-refractivity contribution in [1.82, 2.24) is 9.71 Å². The first kappa shape index (κ1) is 18.2. The molecule has 1 unspecified atom stereocenters. The molecule has 128 valence electrons. The maximum Gasteiger partial charge on any atom is 0.272 e. The summed E-state index contributed by atoms with van der Waals surface area (Å²) in [6.45, 7) is 5.61. The predicted molar refractivity (Wildman–Crippen MR) is 94.8 cm³/mol. The van der Waals surface area contributed by atoms with E-state index in [4.69, 9.17) is 0 Å². The number of nitrogens with one attached hydrogen (secondary N) is 1. The molecule has 1 heterocycles. The quantitative estimate of drug-likeness (QED) is 0.641. The summed E-state index contributed by atoms with van der Waals surface area (Å²) in [7, 11) is -1.32. The molecule has 2 aromatic rings. The summed E-state index contributed by atoms with van der Waals surface area (Å²) in [5.74, 6) is 0. The van der Waals surface area contributed by atoms with Crippen LogP contribution in [0, 0.1) is 10.1 Å². The average molecular weight is 347 g/mol. The van der Waals surface area contributed by atoms with Crippen molar-refractivity contribution in [1.29, 1.82) is 0 Å². The Morgan fingerprint density at radius 3 is 2.46 bits per heavy atom. The SMILES string of the molecule is CC(C)(C)S(=O)N[C@H](Cc1ccccc1[N+](=O)[O-])c1ccccn1. The van der Waals surface area contributed by atoms with Crippen LogP contribution in [0.5, 0.6) is 0 Å². The fraction of sp³-hybridized carbons (Fsp3) is 0.353. The van der Waals surface area contributed by atoms with Gasteiger partial charge in [-0.2, -0.15) is 0 Å². The number of para-hydroxylation sites is 1. The van der Waals surface area contributed by atoms with Crippen molar-refractivity contribution < 1.29 is 9.13 Å². The van der Waals surface area contributed by atoms with E-state index >= 15 is 0 Å². The largest absolute Gasteiger partial charge is 0.272 e. The monoisotopic (exact) mass is 347 g/mol. The van der Waals surface area contributed by atoms with E-state index in [9.17, 15) is 14.3 Å². The summed E-state index contributed by atoms with van der Waals surface area (Å²) in [5.41, 5.74) is 1.34. The summed E-state index contributed by atoms with van der Waals surface area (Å²) >= 11 is 0. The minimum absolute atomic E-state index is 0.0572. The molecule has 7 heteroatoms. The number of rotatable bonds is 6. The Morgan fingerprint density at radius 2 is 1.88 bits per heavy atom. The van der Waals surface area contributed by atoms with Gasteiger partial charge < -0.3 is 0 Å². The molecule has 0 saturated heterocycles. The second kappa shape index (κ2) is 7.63. The molecule has 0 fully saturated rings. The Balaban J connectivity index is 2.34. The standard InChI is InChI=1S/C17H21N3O3S/c1-17(2,3)24(23)19-15(14-9-6-7-11-18-14)12-13-8-4-5-10-16(13)20(21)22/h4-11,15,19H,12H2,1-3H3/t15-,24?/m1/s1. The third-order valence-corrected chi connectivity index (χ3v) is 5.07. The molecule has 2 atom stereocenters. The van der Waals surface area contributed by atoms with Crippen molar-refractivity contribution in [3.05, 3.63) is 70.0 Å². The second-order valence-corrected chi connectivity index (χ2v) is 8.39. The van der Waals surface area contributed by atoms with Crippen LogP contribution < -0.4 is 4.72 Å². The molecule has 1 N–H and O–H groups in total. The van der Waals surface area contributed by atoms with Crippen LogP contribution in [0.4, 0.5) is 5.69 Å². The van der Waals surface area contributed by atoms with Crippen molar-refractivity contribution >= 4 is 16.7 Å². The molecule has 0 spiro atoms. The summed E-state index contributed by atoms with van der Waals surface area (Å²) in [5, 5.41) is 11.2. The molecule has 2 rings (SSSR count). The van der Waals surface area contributed by atoms with Crippen molar-refractivity contribution in [2.75, 3.05) is 0 Å². The van der Waals surface area contributed by atoms with E-state index in [1.54, 1.807) is 30.5 Å². The van der Waals surface area contributed by atoms with Crippen molar-refractivity contribution in [2.24, 2.45) is 0 Å². The van der Waals surface area contributed by atoms with Crippen LogP contribution in [0.2, 0.25) is 0 Å². The van der Waals surface area contributed by atoms with E-state index < -0.39 is 20.7 Å². The normalized spacial score (nSPS) is 14.1. The summed E-state index contributed by atoms with van der Waals surface area (Å²) in [4.78, 5) is 15.2. The van der Waals surface area contributed by atoms with Gasteiger partial charge in [0, 0.05) is 24.2 Å². The van der Waals surface area contributed by atoms with Gasteiger partial charge in [0.15, 0.2) is 0 Å². The maximum absolute atomic E-state index is 12.5. The lowest BCUT2D eigenvalue weighted by Crippen LogP contribution is -2.36.